The minimum atomic E-state index is 0.622. The molecule has 0 aliphatic heterocycles. The molecule has 0 saturated carbocycles. The SMILES string of the molecule is CCCCc1ccc(Oc2cncc(CCN)c2)cc1. The number of pyridine rings is 1. The Morgan fingerprint density at radius 1 is 1.00 bits per heavy atom. The molecule has 0 atom stereocenters. The fraction of sp³-hybridized carbons (Fsp3) is 0.353. The Kier molecular flexibility index (Phi) is 5.56. The highest BCUT2D eigenvalue weighted by atomic mass is 16.5. The molecule has 2 aromatic rings. The summed E-state index contributed by atoms with van der Waals surface area (Å²) in [5.74, 6) is 1.61. The number of rotatable bonds is 7. The topological polar surface area (TPSA) is 48.1 Å². The van der Waals surface area contributed by atoms with Crippen molar-refractivity contribution >= 4 is 0 Å². The molecule has 20 heavy (non-hydrogen) atoms. The number of benzene rings is 1. The van der Waals surface area contributed by atoms with Gasteiger partial charge in [-0.25, -0.2) is 0 Å². The van der Waals surface area contributed by atoms with Gasteiger partial charge >= 0.3 is 0 Å². The van der Waals surface area contributed by atoms with E-state index in [2.05, 4.69) is 24.0 Å². The van der Waals surface area contributed by atoms with E-state index in [1.807, 2.05) is 24.4 Å². The number of aryl methyl sites for hydroxylation is 1. The molecule has 0 unspecified atom stereocenters. The average Bonchev–Trinajstić information content (AvgIpc) is 2.47. The highest BCUT2D eigenvalue weighted by molar-refractivity contribution is 5.33. The van der Waals surface area contributed by atoms with Crippen LogP contribution in [0.5, 0.6) is 11.5 Å². The fourth-order valence-electron chi connectivity index (χ4n) is 2.06. The van der Waals surface area contributed by atoms with Gasteiger partial charge in [0.1, 0.15) is 11.5 Å². The van der Waals surface area contributed by atoms with Crippen molar-refractivity contribution in [3.63, 3.8) is 0 Å². The second-order valence-corrected chi connectivity index (χ2v) is 4.92. The summed E-state index contributed by atoms with van der Waals surface area (Å²) in [7, 11) is 0. The molecule has 0 spiro atoms. The van der Waals surface area contributed by atoms with Crippen molar-refractivity contribution in [3.05, 3.63) is 53.9 Å². The average molecular weight is 270 g/mol. The van der Waals surface area contributed by atoms with E-state index >= 15 is 0 Å². The standard InChI is InChI=1S/C17H22N2O/c1-2-3-4-14-5-7-16(8-6-14)20-17-11-15(9-10-18)12-19-13-17/h5-8,11-13H,2-4,9-10,18H2,1H3. The summed E-state index contributed by atoms with van der Waals surface area (Å²) in [6.45, 7) is 2.83. The maximum absolute atomic E-state index is 5.82. The Morgan fingerprint density at radius 3 is 2.50 bits per heavy atom. The van der Waals surface area contributed by atoms with Gasteiger partial charge in [-0.1, -0.05) is 25.5 Å². The van der Waals surface area contributed by atoms with Crippen LogP contribution < -0.4 is 10.5 Å². The highest BCUT2D eigenvalue weighted by Crippen LogP contribution is 2.22. The Labute approximate surface area is 120 Å². The van der Waals surface area contributed by atoms with Crippen molar-refractivity contribution in [1.82, 2.24) is 4.98 Å². The summed E-state index contributed by atoms with van der Waals surface area (Å²) < 4.78 is 5.82. The number of hydrogen-bond donors (Lipinski definition) is 1. The van der Waals surface area contributed by atoms with Crippen molar-refractivity contribution in [2.24, 2.45) is 5.73 Å². The number of nitrogens with two attached hydrogens (primary N) is 1. The van der Waals surface area contributed by atoms with Crippen LogP contribution in [0.1, 0.15) is 30.9 Å². The molecular weight excluding hydrogens is 248 g/mol. The lowest BCUT2D eigenvalue weighted by molar-refractivity contribution is 0.479. The summed E-state index contributed by atoms with van der Waals surface area (Å²) in [5.41, 5.74) is 8.01. The number of unbranched alkanes of at least 4 members (excludes halogenated alkanes) is 1. The predicted octanol–water partition coefficient (Wildman–Crippen LogP) is 3.72. The van der Waals surface area contributed by atoms with Crippen molar-refractivity contribution in [2.75, 3.05) is 6.54 Å². The van der Waals surface area contributed by atoms with E-state index in [4.69, 9.17) is 10.5 Å². The Morgan fingerprint density at radius 2 is 1.80 bits per heavy atom. The van der Waals surface area contributed by atoms with E-state index < -0.39 is 0 Å². The molecule has 1 aromatic carbocycles. The first-order chi connectivity index (χ1) is 9.81. The normalized spacial score (nSPS) is 10.5. The van der Waals surface area contributed by atoms with Crippen LogP contribution in [0.15, 0.2) is 42.7 Å². The fourth-order valence-corrected chi connectivity index (χ4v) is 2.06. The second-order valence-electron chi connectivity index (χ2n) is 4.92. The quantitative estimate of drug-likeness (QED) is 0.834. The molecule has 0 saturated heterocycles. The van der Waals surface area contributed by atoms with Gasteiger partial charge in [-0.15, -0.1) is 0 Å². The monoisotopic (exact) mass is 270 g/mol. The van der Waals surface area contributed by atoms with Gasteiger partial charge in [0.2, 0.25) is 0 Å². The van der Waals surface area contributed by atoms with E-state index in [9.17, 15) is 0 Å². The van der Waals surface area contributed by atoms with Gasteiger partial charge in [-0.2, -0.15) is 0 Å². The molecule has 106 valence electrons. The Bertz CT molecular complexity index is 523. The minimum Gasteiger partial charge on any atom is -0.456 e. The summed E-state index contributed by atoms with van der Waals surface area (Å²) in [4.78, 5) is 4.18. The van der Waals surface area contributed by atoms with Crippen LogP contribution in [0.4, 0.5) is 0 Å². The van der Waals surface area contributed by atoms with Gasteiger partial charge in [-0.05, 0) is 55.1 Å². The maximum Gasteiger partial charge on any atom is 0.145 e. The third kappa shape index (κ3) is 4.35. The molecule has 0 amide bonds. The van der Waals surface area contributed by atoms with Crippen LogP contribution in [0.25, 0.3) is 0 Å². The molecule has 0 aliphatic rings. The molecule has 1 heterocycles. The molecule has 3 nitrogen and oxygen atoms in total. The van der Waals surface area contributed by atoms with Crippen LogP contribution in [-0.4, -0.2) is 11.5 Å². The third-order valence-corrected chi connectivity index (χ3v) is 3.18. The first kappa shape index (κ1) is 14.5. The molecular formula is C17H22N2O. The van der Waals surface area contributed by atoms with Crippen LogP contribution >= 0.6 is 0 Å². The van der Waals surface area contributed by atoms with E-state index in [-0.39, 0.29) is 0 Å². The summed E-state index contributed by atoms with van der Waals surface area (Å²) >= 11 is 0. The Hall–Kier alpha value is -1.87. The molecule has 2 rings (SSSR count). The zero-order valence-electron chi connectivity index (χ0n) is 12.0. The van der Waals surface area contributed by atoms with Gasteiger partial charge < -0.3 is 10.5 Å². The molecule has 3 heteroatoms. The molecule has 0 fully saturated rings. The number of nitrogens with zero attached hydrogens (tertiary/aromatic N) is 1. The third-order valence-electron chi connectivity index (χ3n) is 3.18. The highest BCUT2D eigenvalue weighted by Gasteiger charge is 2.00. The number of aromatic nitrogens is 1. The second kappa shape index (κ2) is 7.65. The molecule has 0 aliphatic carbocycles. The predicted molar refractivity (Wildman–Crippen MR) is 82.1 cm³/mol. The lowest BCUT2D eigenvalue weighted by atomic mass is 10.1. The number of hydrogen-bond acceptors (Lipinski definition) is 3. The van der Waals surface area contributed by atoms with Crippen LogP contribution in [0, 0.1) is 0 Å². The minimum absolute atomic E-state index is 0.622. The first-order valence-corrected chi connectivity index (χ1v) is 7.22. The summed E-state index contributed by atoms with van der Waals surface area (Å²) in [6.07, 6.45) is 7.95. The van der Waals surface area contributed by atoms with E-state index in [0.29, 0.717) is 6.54 Å². The number of ether oxygens (including phenoxy) is 1. The Balaban J connectivity index is 2.00. The van der Waals surface area contributed by atoms with Crippen LogP contribution in [-0.2, 0) is 12.8 Å². The van der Waals surface area contributed by atoms with E-state index in [0.717, 1.165) is 29.9 Å². The van der Waals surface area contributed by atoms with Crippen molar-refractivity contribution < 1.29 is 4.74 Å². The van der Waals surface area contributed by atoms with Crippen LogP contribution in [0.2, 0.25) is 0 Å². The van der Waals surface area contributed by atoms with Gasteiger partial charge in [0, 0.05) is 6.20 Å². The van der Waals surface area contributed by atoms with Crippen molar-refractivity contribution in [1.29, 1.82) is 0 Å². The zero-order chi connectivity index (χ0) is 14.2. The zero-order valence-corrected chi connectivity index (χ0v) is 12.0. The molecule has 0 bridgehead atoms. The summed E-state index contributed by atoms with van der Waals surface area (Å²) in [5, 5.41) is 0. The van der Waals surface area contributed by atoms with Gasteiger partial charge in [0.05, 0.1) is 6.20 Å². The maximum atomic E-state index is 5.82. The van der Waals surface area contributed by atoms with E-state index in [1.54, 1.807) is 6.20 Å². The molecule has 0 radical (unpaired) electrons. The van der Waals surface area contributed by atoms with Crippen LogP contribution in [0.3, 0.4) is 0 Å². The van der Waals surface area contributed by atoms with Crippen molar-refractivity contribution in [3.8, 4) is 11.5 Å². The first-order valence-electron chi connectivity index (χ1n) is 7.22. The van der Waals surface area contributed by atoms with Gasteiger partial charge in [-0.3, -0.25) is 4.98 Å². The lowest BCUT2D eigenvalue weighted by Gasteiger charge is -2.08. The smallest absolute Gasteiger partial charge is 0.145 e. The lowest BCUT2D eigenvalue weighted by Crippen LogP contribution is -2.03. The van der Waals surface area contributed by atoms with Gasteiger partial charge in [0.15, 0.2) is 0 Å². The van der Waals surface area contributed by atoms with Crippen molar-refractivity contribution in [2.45, 2.75) is 32.6 Å². The molecule has 1 aromatic heterocycles. The largest absolute Gasteiger partial charge is 0.456 e. The summed E-state index contributed by atoms with van der Waals surface area (Å²) in [6, 6.07) is 10.3. The van der Waals surface area contributed by atoms with E-state index in [1.165, 1.54) is 18.4 Å². The molecule has 2 N–H and O–H groups in total. The van der Waals surface area contributed by atoms with Gasteiger partial charge in [0.25, 0.3) is 0 Å².